The Morgan fingerprint density at radius 1 is 1.43 bits per heavy atom. The summed E-state index contributed by atoms with van der Waals surface area (Å²) in [5, 5.41) is 9.83. The number of carbonyl (C=O) groups excluding carboxylic acids is 1. The first-order chi connectivity index (χ1) is 9.97. The minimum atomic E-state index is -0.402. The van der Waals surface area contributed by atoms with Gasteiger partial charge in [0.05, 0.1) is 6.10 Å². The van der Waals surface area contributed by atoms with E-state index in [9.17, 15) is 9.90 Å². The normalized spacial score (nSPS) is 22.0. The highest BCUT2D eigenvalue weighted by molar-refractivity contribution is 5.77. The van der Waals surface area contributed by atoms with Crippen molar-refractivity contribution in [1.29, 1.82) is 0 Å². The summed E-state index contributed by atoms with van der Waals surface area (Å²) >= 11 is 0. The maximum atomic E-state index is 12.4. The van der Waals surface area contributed by atoms with E-state index in [-0.39, 0.29) is 11.9 Å². The summed E-state index contributed by atoms with van der Waals surface area (Å²) < 4.78 is 0. The van der Waals surface area contributed by atoms with E-state index >= 15 is 0 Å². The number of β-amino-alcohol motifs (C(OH)–C–C–N with tert-alkyl or cyclic N) is 1. The van der Waals surface area contributed by atoms with Crippen LogP contribution < -0.4 is 5.73 Å². The first-order valence-corrected chi connectivity index (χ1v) is 7.43. The molecule has 1 saturated heterocycles. The third-order valence-corrected chi connectivity index (χ3v) is 3.95. The zero-order chi connectivity index (χ0) is 15.4. The van der Waals surface area contributed by atoms with Gasteiger partial charge in [-0.05, 0) is 38.6 Å². The van der Waals surface area contributed by atoms with Crippen LogP contribution in [-0.2, 0) is 11.2 Å². The summed E-state index contributed by atoms with van der Waals surface area (Å²) in [5.74, 6) is 0.0988. The molecule has 1 aromatic rings. The van der Waals surface area contributed by atoms with Crippen LogP contribution in [-0.4, -0.2) is 60.1 Å². The van der Waals surface area contributed by atoms with Crippen LogP contribution in [0, 0.1) is 0 Å². The van der Waals surface area contributed by atoms with Gasteiger partial charge in [0.1, 0.15) is 0 Å². The van der Waals surface area contributed by atoms with Crippen LogP contribution in [0.15, 0.2) is 24.3 Å². The second-order valence-electron chi connectivity index (χ2n) is 6.05. The first-order valence-electron chi connectivity index (χ1n) is 7.43. The Morgan fingerprint density at radius 3 is 2.81 bits per heavy atom. The molecule has 2 unspecified atom stereocenters. The molecule has 116 valence electrons. The number of nitrogens with zero attached hydrogens (tertiary/aromatic N) is 2. The number of rotatable bonds is 5. The average molecular weight is 291 g/mol. The fourth-order valence-corrected chi connectivity index (χ4v) is 2.94. The summed E-state index contributed by atoms with van der Waals surface area (Å²) in [6, 6.07) is 7.75. The molecule has 0 aliphatic carbocycles. The highest BCUT2D eigenvalue weighted by atomic mass is 16.3. The van der Waals surface area contributed by atoms with E-state index < -0.39 is 6.10 Å². The predicted octanol–water partition coefficient (Wildman–Crippen LogP) is 0.725. The molecule has 0 bridgehead atoms. The Morgan fingerprint density at radius 2 is 2.14 bits per heavy atom. The molecular weight excluding hydrogens is 266 g/mol. The molecule has 1 aromatic carbocycles. The lowest BCUT2D eigenvalue weighted by atomic mass is 10.1. The summed E-state index contributed by atoms with van der Waals surface area (Å²) in [6.07, 6.45) is 1.34. The van der Waals surface area contributed by atoms with E-state index in [0.717, 1.165) is 17.8 Å². The van der Waals surface area contributed by atoms with E-state index in [0.29, 0.717) is 25.8 Å². The molecule has 1 amide bonds. The Labute approximate surface area is 126 Å². The van der Waals surface area contributed by atoms with Crippen molar-refractivity contribution in [2.75, 3.05) is 32.9 Å². The predicted molar refractivity (Wildman–Crippen MR) is 83.9 cm³/mol. The number of amides is 1. The fraction of sp³-hybridized carbons (Fsp3) is 0.562. The minimum Gasteiger partial charge on any atom is -0.399 e. The molecule has 0 spiro atoms. The number of anilines is 1. The van der Waals surface area contributed by atoms with Crippen molar-refractivity contribution < 1.29 is 9.90 Å². The molecule has 5 nitrogen and oxygen atoms in total. The van der Waals surface area contributed by atoms with Gasteiger partial charge < -0.3 is 20.6 Å². The molecule has 0 aromatic heterocycles. The van der Waals surface area contributed by atoms with E-state index in [2.05, 4.69) is 4.90 Å². The van der Waals surface area contributed by atoms with Crippen molar-refractivity contribution in [1.82, 2.24) is 9.80 Å². The van der Waals surface area contributed by atoms with Crippen molar-refractivity contribution in [3.8, 4) is 0 Å². The molecule has 0 radical (unpaired) electrons. The van der Waals surface area contributed by atoms with Crippen LogP contribution in [0.1, 0.15) is 18.4 Å². The third-order valence-electron chi connectivity index (χ3n) is 3.95. The van der Waals surface area contributed by atoms with Crippen LogP contribution in [0.4, 0.5) is 5.69 Å². The van der Waals surface area contributed by atoms with Gasteiger partial charge in [0.15, 0.2) is 0 Å². The number of likely N-dealkylation sites (tertiary alicyclic amines) is 1. The quantitative estimate of drug-likeness (QED) is 0.785. The number of likely N-dealkylation sites (N-methyl/N-ethyl adjacent to an activating group) is 1. The highest BCUT2D eigenvalue weighted by Crippen LogP contribution is 2.21. The van der Waals surface area contributed by atoms with Gasteiger partial charge in [-0.2, -0.15) is 0 Å². The van der Waals surface area contributed by atoms with Crippen molar-refractivity contribution in [3.63, 3.8) is 0 Å². The molecule has 2 rings (SSSR count). The van der Waals surface area contributed by atoms with Gasteiger partial charge in [0.25, 0.3) is 0 Å². The maximum Gasteiger partial charge on any atom is 0.223 e. The first kappa shape index (κ1) is 15.8. The summed E-state index contributed by atoms with van der Waals surface area (Å²) in [6.45, 7) is 1.23. The van der Waals surface area contributed by atoms with Crippen LogP contribution in [0.2, 0.25) is 0 Å². The molecule has 21 heavy (non-hydrogen) atoms. The molecule has 1 heterocycles. The van der Waals surface area contributed by atoms with Crippen LogP contribution >= 0.6 is 0 Å². The average Bonchev–Trinajstić information content (AvgIpc) is 2.77. The van der Waals surface area contributed by atoms with Crippen molar-refractivity contribution in [2.45, 2.75) is 31.4 Å². The lowest BCUT2D eigenvalue weighted by molar-refractivity contribution is -0.132. The highest BCUT2D eigenvalue weighted by Gasteiger charge is 2.33. The Hall–Kier alpha value is -1.59. The largest absolute Gasteiger partial charge is 0.399 e. The number of nitrogen functional groups attached to an aromatic ring is 1. The van der Waals surface area contributed by atoms with Crippen LogP contribution in [0.25, 0.3) is 0 Å². The SMILES string of the molecule is CN(C)CC1CC(O)CN1C(=O)CCc1ccccc1N. The zero-order valence-corrected chi connectivity index (χ0v) is 12.8. The Kier molecular flexibility index (Phi) is 5.20. The number of aliphatic hydroxyl groups excluding tert-OH is 1. The minimum absolute atomic E-state index is 0.0988. The zero-order valence-electron chi connectivity index (χ0n) is 12.8. The number of aryl methyl sites for hydroxylation is 1. The van der Waals surface area contributed by atoms with E-state index in [1.165, 1.54) is 0 Å². The molecule has 1 fully saturated rings. The fourth-order valence-electron chi connectivity index (χ4n) is 2.94. The van der Waals surface area contributed by atoms with E-state index in [4.69, 9.17) is 5.73 Å². The Bertz CT molecular complexity index is 490. The van der Waals surface area contributed by atoms with Gasteiger partial charge in [-0.25, -0.2) is 0 Å². The number of benzene rings is 1. The Balaban J connectivity index is 1.94. The molecule has 1 aliphatic heterocycles. The standard InChI is InChI=1S/C16H25N3O2/c1-18(2)10-13-9-14(20)11-19(13)16(21)8-7-12-5-3-4-6-15(12)17/h3-6,13-14,20H,7-11,17H2,1-2H3. The topological polar surface area (TPSA) is 69.8 Å². The van der Waals surface area contributed by atoms with Gasteiger partial charge in [-0.3, -0.25) is 4.79 Å². The number of nitrogens with two attached hydrogens (primary N) is 1. The lowest BCUT2D eigenvalue weighted by Crippen LogP contribution is -2.41. The third kappa shape index (κ3) is 4.19. The maximum absolute atomic E-state index is 12.4. The summed E-state index contributed by atoms with van der Waals surface area (Å²) in [7, 11) is 3.97. The number of hydrogen-bond donors (Lipinski definition) is 2. The van der Waals surface area contributed by atoms with Crippen LogP contribution in [0.5, 0.6) is 0 Å². The summed E-state index contributed by atoms with van der Waals surface area (Å²) in [5.41, 5.74) is 7.65. The summed E-state index contributed by atoms with van der Waals surface area (Å²) in [4.78, 5) is 16.3. The lowest BCUT2D eigenvalue weighted by Gasteiger charge is -2.27. The number of para-hydroxylation sites is 1. The molecular formula is C16H25N3O2. The van der Waals surface area contributed by atoms with Crippen molar-refractivity contribution in [2.24, 2.45) is 0 Å². The van der Waals surface area contributed by atoms with Crippen molar-refractivity contribution in [3.05, 3.63) is 29.8 Å². The van der Waals surface area contributed by atoms with Gasteiger partial charge in [-0.15, -0.1) is 0 Å². The smallest absolute Gasteiger partial charge is 0.223 e. The molecule has 3 N–H and O–H groups in total. The number of carbonyl (C=O) groups is 1. The number of hydrogen-bond acceptors (Lipinski definition) is 4. The molecule has 1 aliphatic rings. The second-order valence-corrected chi connectivity index (χ2v) is 6.05. The second kappa shape index (κ2) is 6.91. The molecule has 2 atom stereocenters. The van der Waals surface area contributed by atoms with E-state index in [1.54, 1.807) is 0 Å². The van der Waals surface area contributed by atoms with E-state index in [1.807, 2.05) is 43.3 Å². The molecule has 5 heteroatoms. The van der Waals surface area contributed by atoms with Crippen molar-refractivity contribution >= 4 is 11.6 Å². The van der Waals surface area contributed by atoms with Crippen LogP contribution in [0.3, 0.4) is 0 Å². The number of aliphatic hydroxyl groups is 1. The van der Waals surface area contributed by atoms with Gasteiger partial charge in [0.2, 0.25) is 5.91 Å². The van der Waals surface area contributed by atoms with Gasteiger partial charge in [0, 0.05) is 31.2 Å². The molecule has 0 saturated carbocycles. The van der Waals surface area contributed by atoms with Gasteiger partial charge >= 0.3 is 0 Å². The van der Waals surface area contributed by atoms with Gasteiger partial charge in [-0.1, -0.05) is 18.2 Å². The monoisotopic (exact) mass is 291 g/mol.